The maximum Gasteiger partial charge on any atom is 0.241 e. The number of benzene rings is 1. The first-order valence-corrected chi connectivity index (χ1v) is 10.3. The third kappa shape index (κ3) is 6.94. The van der Waals surface area contributed by atoms with Crippen LogP contribution < -0.4 is 20.1 Å². The summed E-state index contributed by atoms with van der Waals surface area (Å²) in [6.07, 6.45) is 4.24. The van der Waals surface area contributed by atoms with E-state index < -0.39 is 0 Å². The van der Waals surface area contributed by atoms with Gasteiger partial charge in [0.15, 0.2) is 17.5 Å². The number of likely N-dealkylation sites (tertiary alicyclic amines) is 1. The van der Waals surface area contributed by atoms with E-state index in [9.17, 15) is 4.79 Å². The van der Waals surface area contributed by atoms with Crippen LogP contribution in [-0.4, -0.2) is 63.2 Å². The molecule has 0 spiro atoms. The summed E-state index contributed by atoms with van der Waals surface area (Å²) in [7, 11) is 1.71. The van der Waals surface area contributed by atoms with Crippen molar-refractivity contribution in [2.24, 2.45) is 4.99 Å². The van der Waals surface area contributed by atoms with E-state index in [0.717, 1.165) is 49.4 Å². The zero-order chi connectivity index (χ0) is 20.2. The monoisotopic (exact) mass is 390 g/mol. The molecule has 1 saturated heterocycles. The summed E-state index contributed by atoms with van der Waals surface area (Å²) in [5.74, 6) is 2.32. The summed E-state index contributed by atoms with van der Waals surface area (Å²) < 4.78 is 11.3. The molecule has 7 nitrogen and oxygen atoms in total. The van der Waals surface area contributed by atoms with E-state index >= 15 is 0 Å². The van der Waals surface area contributed by atoms with Crippen molar-refractivity contribution in [2.75, 3.05) is 46.4 Å². The van der Waals surface area contributed by atoms with Crippen LogP contribution in [0.15, 0.2) is 23.2 Å². The molecule has 0 aliphatic carbocycles. The average molecular weight is 391 g/mol. The van der Waals surface area contributed by atoms with Gasteiger partial charge in [0.1, 0.15) is 0 Å². The second-order valence-electron chi connectivity index (χ2n) is 6.69. The molecule has 1 aromatic carbocycles. The van der Waals surface area contributed by atoms with Gasteiger partial charge in [-0.2, -0.15) is 0 Å². The second kappa shape index (κ2) is 12.1. The first-order chi connectivity index (χ1) is 13.7. The number of amides is 1. The molecule has 0 unspecified atom stereocenters. The Morgan fingerprint density at radius 2 is 1.79 bits per heavy atom. The van der Waals surface area contributed by atoms with E-state index in [0.29, 0.717) is 25.7 Å². The van der Waals surface area contributed by atoms with E-state index in [1.54, 1.807) is 7.05 Å². The molecule has 1 heterocycles. The molecule has 0 saturated carbocycles. The number of guanidine groups is 1. The van der Waals surface area contributed by atoms with Crippen LogP contribution >= 0.6 is 0 Å². The molecule has 1 fully saturated rings. The molecule has 1 aromatic rings. The van der Waals surface area contributed by atoms with E-state index in [2.05, 4.69) is 15.6 Å². The van der Waals surface area contributed by atoms with Gasteiger partial charge in [-0.3, -0.25) is 9.79 Å². The van der Waals surface area contributed by atoms with Gasteiger partial charge in [-0.05, 0) is 57.2 Å². The zero-order valence-electron chi connectivity index (χ0n) is 17.4. The summed E-state index contributed by atoms with van der Waals surface area (Å²) in [5, 5.41) is 6.38. The molecular formula is C21H34N4O3. The van der Waals surface area contributed by atoms with Crippen LogP contribution in [0, 0.1) is 0 Å². The Morgan fingerprint density at radius 1 is 1.07 bits per heavy atom. The van der Waals surface area contributed by atoms with E-state index in [1.165, 1.54) is 6.42 Å². The third-order valence-electron chi connectivity index (χ3n) is 4.65. The predicted molar refractivity (Wildman–Crippen MR) is 112 cm³/mol. The van der Waals surface area contributed by atoms with Crippen molar-refractivity contribution in [3.05, 3.63) is 23.8 Å². The molecule has 0 radical (unpaired) electrons. The number of nitrogens with one attached hydrogen (secondary N) is 2. The molecule has 2 N–H and O–H groups in total. The summed E-state index contributed by atoms with van der Waals surface area (Å²) in [6.45, 7) is 7.85. The van der Waals surface area contributed by atoms with Crippen molar-refractivity contribution in [1.29, 1.82) is 0 Å². The highest BCUT2D eigenvalue weighted by molar-refractivity contribution is 5.86. The lowest BCUT2D eigenvalue weighted by Crippen LogP contribution is -2.46. The number of hydrogen-bond acceptors (Lipinski definition) is 4. The van der Waals surface area contributed by atoms with Gasteiger partial charge in [0.2, 0.25) is 5.91 Å². The molecule has 28 heavy (non-hydrogen) atoms. The first-order valence-electron chi connectivity index (χ1n) is 10.3. The number of piperidine rings is 1. The Morgan fingerprint density at radius 3 is 2.46 bits per heavy atom. The van der Waals surface area contributed by atoms with Gasteiger partial charge < -0.3 is 25.0 Å². The highest BCUT2D eigenvalue weighted by Crippen LogP contribution is 2.28. The van der Waals surface area contributed by atoms with Gasteiger partial charge in [-0.1, -0.05) is 6.07 Å². The van der Waals surface area contributed by atoms with Crippen LogP contribution in [0.25, 0.3) is 0 Å². The fourth-order valence-corrected chi connectivity index (χ4v) is 3.21. The lowest BCUT2D eigenvalue weighted by Gasteiger charge is -2.27. The second-order valence-corrected chi connectivity index (χ2v) is 6.69. The van der Waals surface area contributed by atoms with Gasteiger partial charge in [-0.15, -0.1) is 0 Å². The van der Waals surface area contributed by atoms with Crippen molar-refractivity contribution >= 4 is 11.9 Å². The average Bonchev–Trinajstić information content (AvgIpc) is 2.73. The molecular weight excluding hydrogens is 356 g/mol. The Bertz CT molecular complexity index is 643. The maximum absolute atomic E-state index is 12.3. The van der Waals surface area contributed by atoms with Crippen LogP contribution in [0.3, 0.4) is 0 Å². The van der Waals surface area contributed by atoms with Gasteiger partial charge in [-0.25, -0.2) is 0 Å². The van der Waals surface area contributed by atoms with E-state index in [1.807, 2.05) is 36.9 Å². The third-order valence-corrected chi connectivity index (χ3v) is 4.65. The normalized spacial score (nSPS) is 14.5. The number of aliphatic imine (C=N–C) groups is 1. The molecule has 0 bridgehead atoms. The molecule has 1 aliphatic rings. The maximum atomic E-state index is 12.3. The van der Waals surface area contributed by atoms with Gasteiger partial charge in [0.05, 0.1) is 19.8 Å². The predicted octanol–water partition coefficient (Wildman–Crippen LogP) is 2.20. The van der Waals surface area contributed by atoms with Gasteiger partial charge in [0.25, 0.3) is 0 Å². The minimum Gasteiger partial charge on any atom is -0.490 e. The molecule has 0 aromatic heterocycles. The first kappa shape index (κ1) is 21.9. The number of rotatable bonds is 9. The topological polar surface area (TPSA) is 75.2 Å². The lowest BCUT2D eigenvalue weighted by molar-refractivity contribution is -0.130. The summed E-state index contributed by atoms with van der Waals surface area (Å²) in [5.41, 5.74) is 1.15. The fraction of sp³-hybridized carbons (Fsp3) is 0.619. The molecule has 2 rings (SSSR count). The highest BCUT2D eigenvalue weighted by Gasteiger charge is 2.16. The van der Waals surface area contributed by atoms with Gasteiger partial charge in [0, 0.05) is 26.7 Å². The van der Waals surface area contributed by atoms with E-state index in [-0.39, 0.29) is 12.5 Å². The largest absolute Gasteiger partial charge is 0.490 e. The summed E-state index contributed by atoms with van der Waals surface area (Å²) in [4.78, 5) is 18.4. The number of ether oxygens (including phenoxy) is 2. The minimum absolute atomic E-state index is 0.135. The smallest absolute Gasteiger partial charge is 0.241 e. The van der Waals surface area contributed by atoms with Gasteiger partial charge >= 0.3 is 0 Å². The van der Waals surface area contributed by atoms with Crippen molar-refractivity contribution in [1.82, 2.24) is 15.5 Å². The minimum atomic E-state index is 0.135. The SMILES string of the molecule is CCOc1ccc(CCNC(=NC)NCC(=O)N2CCCCC2)cc1OCC. The van der Waals surface area contributed by atoms with Crippen molar-refractivity contribution in [3.63, 3.8) is 0 Å². The number of hydrogen-bond donors (Lipinski definition) is 2. The van der Waals surface area contributed by atoms with Crippen LogP contribution in [-0.2, 0) is 11.2 Å². The number of carbonyl (C=O) groups excluding carboxylic acids is 1. The molecule has 156 valence electrons. The Hall–Kier alpha value is -2.44. The fourth-order valence-electron chi connectivity index (χ4n) is 3.21. The Kier molecular flexibility index (Phi) is 9.45. The number of carbonyl (C=O) groups is 1. The molecule has 0 atom stereocenters. The van der Waals surface area contributed by atoms with Crippen molar-refractivity contribution in [2.45, 2.75) is 39.5 Å². The highest BCUT2D eigenvalue weighted by atomic mass is 16.5. The van der Waals surface area contributed by atoms with Crippen LogP contribution in [0.4, 0.5) is 0 Å². The Labute approximate surface area is 168 Å². The Balaban J connectivity index is 1.78. The molecule has 1 aliphatic heterocycles. The van der Waals surface area contributed by atoms with Crippen LogP contribution in [0.1, 0.15) is 38.7 Å². The molecule has 7 heteroatoms. The van der Waals surface area contributed by atoms with Crippen molar-refractivity contribution < 1.29 is 14.3 Å². The quantitative estimate of drug-likeness (QED) is 0.499. The zero-order valence-corrected chi connectivity index (χ0v) is 17.4. The van der Waals surface area contributed by atoms with Crippen LogP contribution in [0.2, 0.25) is 0 Å². The summed E-state index contributed by atoms with van der Waals surface area (Å²) in [6, 6.07) is 6.02. The lowest BCUT2D eigenvalue weighted by atomic mass is 10.1. The van der Waals surface area contributed by atoms with Crippen molar-refractivity contribution in [3.8, 4) is 11.5 Å². The standard InChI is InChI=1S/C21H34N4O3/c1-4-27-18-10-9-17(15-19(18)28-5-2)11-12-23-21(22-3)24-16-20(26)25-13-7-6-8-14-25/h9-10,15H,4-8,11-14,16H2,1-3H3,(H2,22,23,24). The summed E-state index contributed by atoms with van der Waals surface area (Å²) >= 11 is 0. The number of nitrogens with zero attached hydrogens (tertiary/aromatic N) is 2. The van der Waals surface area contributed by atoms with Crippen LogP contribution in [0.5, 0.6) is 11.5 Å². The molecule has 1 amide bonds. The van der Waals surface area contributed by atoms with E-state index in [4.69, 9.17) is 9.47 Å².